The summed E-state index contributed by atoms with van der Waals surface area (Å²) >= 11 is 1.65. The summed E-state index contributed by atoms with van der Waals surface area (Å²) in [6.45, 7) is 6.57. The zero-order valence-corrected chi connectivity index (χ0v) is 13.3. The van der Waals surface area contributed by atoms with Crippen LogP contribution in [0.3, 0.4) is 0 Å². The molecule has 0 aliphatic carbocycles. The summed E-state index contributed by atoms with van der Waals surface area (Å²) < 4.78 is 3.41. The van der Waals surface area contributed by atoms with Gasteiger partial charge in [0.1, 0.15) is 0 Å². The Morgan fingerprint density at radius 2 is 1.85 bits per heavy atom. The summed E-state index contributed by atoms with van der Waals surface area (Å²) in [6, 6.07) is 8.13. The van der Waals surface area contributed by atoms with Crippen molar-refractivity contribution in [3.05, 3.63) is 40.7 Å². The second-order valence-corrected chi connectivity index (χ2v) is 6.63. The monoisotopic (exact) mass is 307 g/mol. The minimum absolute atomic E-state index is 0. The molecule has 0 bridgehead atoms. The highest BCUT2D eigenvalue weighted by atomic mass is 35.5. The van der Waals surface area contributed by atoms with E-state index in [4.69, 9.17) is 5.41 Å². The van der Waals surface area contributed by atoms with E-state index in [1.165, 1.54) is 4.88 Å². The van der Waals surface area contributed by atoms with E-state index in [9.17, 15) is 0 Å². The predicted molar refractivity (Wildman–Crippen MR) is 88.6 cm³/mol. The number of hydrogen-bond donors (Lipinski definition) is 3. The number of H-pyrrole nitrogens is 2. The molecule has 0 spiro atoms. The quantitative estimate of drug-likeness (QED) is 0.549. The average molecular weight is 308 g/mol. The van der Waals surface area contributed by atoms with Crippen molar-refractivity contribution in [2.45, 2.75) is 26.2 Å². The molecule has 0 unspecified atom stereocenters. The van der Waals surface area contributed by atoms with Crippen LogP contribution in [0.25, 0.3) is 21.8 Å². The zero-order chi connectivity index (χ0) is 13.6. The van der Waals surface area contributed by atoms with Gasteiger partial charge in [0.2, 0.25) is 0 Å². The molecule has 20 heavy (non-hydrogen) atoms. The summed E-state index contributed by atoms with van der Waals surface area (Å²) in [5.41, 5.74) is 2.03. The SMILES string of the molecule is CC(C)(C)c1cc2c(=N)c3[nH]ccccc3c2[nH]s1.Cl. The highest BCUT2D eigenvalue weighted by Gasteiger charge is 2.17. The van der Waals surface area contributed by atoms with Gasteiger partial charge >= 0.3 is 0 Å². The molecule has 0 aliphatic rings. The van der Waals surface area contributed by atoms with Crippen molar-refractivity contribution in [1.82, 2.24) is 9.36 Å². The van der Waals surface area contributed by atoms with Gasteiger partial charge in [0.15, 0.2) is 0 Å². The Balaban J connectivity index is 0.00000147. The molecule has 1 aromatic carbocycles. The van der Waals surface area contributed by atoms with Crippen molar-refractivity contribution in [1.29, 1.82) is 5.41 Å². The van der Waals surface area contributed by atoms with Crippen molar-refractivity contribution in [3.8, 4) is 0 Å². The second kappa shape index (κ2) is 5.11. The molecule has 0 radical (unpaired) electrons. The highest BCUT2D eigenvalue weighted by molar-refractivity contribution is 7.06. The summed E-state index contributed by atoms with van der Waals surface area (Å²) in [4.78, 5) is 4.45. The van der Waals surface area contributed by atoms with Crippen LogP contribution in [0.4, 0.5) is 0 Å². The van der Waals surface area contributed by atoms with Crippen molar-refractivity contribution in [2.24, 2.45) is 0 Å². The van der Waals surface area contributed by atoms with Gasteiger partial charge in [0.05, 0.1) is 16.4 Å². The van der Waals surface area contributed by atoms with E-state index >= 15 is 0 Å². The van der Waals surface area contributed by atoms with Gasteiger partial charge in [0, 0.05) is 21.8 Å². The van der Waals surface area contributed by atoms with Crippen molar-refractivity contribution in [2.75, 3.05) is 0 Å². The third-order valence-electron chi connectivity index (χ3n) is 3.30. The summed E-state index contributed by atoms with van der Waals surface area (Å²) in [6.07, 6.45) is 1.87. The van der Waals surface area contributed by atoms with Crippen LogP contribution in [0, 0.1) is 5.41 Å². The van der Waals surface area contributed by atoms with Gasteiger partial charge < -0.3 is 9.36 Å². The number of hydrogen-bond acceptors (Lipinski definition) is 2. The first-order valence-corrected chi connectivity index (χ1v) is 7.13. The van der Waals surface area contributed by atoms with Crippen LogP contribution in [-0.4, -0.2) is 9.36 Å². The number of halogens is 1. The summed E-state index contributed by atoms with van der Waals surface area (Å²) in [5, 5.41) is 11.0. The van der Waals surface area contributed by atoms with Crippen molar-refractivity contribution in [3.63, 3.8) is 0 Å². The van der Waals surface area contributed by atoms with Gasteiger partial charge in [-0.3, -0.25) is 5.41 Å². The predicted octanol–water partition coefficient (Wildman–Crippen LogP) is 4.47. The Hall–Kier alpha value is -1.52. The van der Waals surface area contributed by atoms with Gasteiger partial charge in [-0.15, -0.1) is 12.4 Å². The lowest BCUT2D eigenvalue weighted by atomic mass is 9.94. The first-order valence-electron chi connectivity index (χ1n) is 6.31. The Morgan fingerprint density at radius 3 is 2.55 bits per heavy atom. The van der Waals surface area contributed by atoms with Crippen LogP contribution in [0.2, 0.25) is 0 Å². The molecule has 3 nitrogen and oxygen atoms in total. The van der Waals surface area contributed by atoms with Crippen molar-refractivity contribution < 1.29 is 0 Å². The lowest BCUT2D eigenvalue weighted by molar-refractivity contribution is 0.603. The largest absolute Gasteiger partial charge is 0.359 e. The molecular weight excluding hydrogens is 290 g/mol. The smallest absolute Gasteiger partial charge is 0.0875 e. The van der Waals surface area contributed by atoms with Crippen LogP contribution in [0.15, 0.2) is 30.5 Å². The Labute approximate surface area is 127 Å². The maximum Gasteiger partial charge on any atom is 0.0875 e. The number of aromatic amines is 2. The van der Waals surface area contributed by atoms with Crippen LogP contribution in [0.1, 0.15) is 25.6 Å². The van der Waals surface area contributed by atoms with Crippen LogP contribution in [-0.2, 0) is 5.41 Å². The molecule has 2 heterocycles. The van der Waals surface area contributed by atoms with Crippen LogP contribution >= 0.6 is 23.9 Å². The highest BCUT2D eigenvalue weighted by Crippen LogP contribution is 2.29. The number of aromatic nitrogens is 2. The Kier molecular flexibility index (Phi) is 3.80. The summed E-state index contributed by atoms with van der Waals surface area (Å²) in [7, 11) is 0. The summed E-state index contributed by atoms with van der Waals surface area (Å²) in [5.74, 6) is 0. The van der Waals surface area contributed by atoms with E-state index < -0.39 is 0 Å². The van der Waals surface area contributed by atoms with Crippen LogP contribution in [0.5, 0.6) is 0 Å². The lowest BCUT2D eigenvalue weighted by Crippen LogP contribution is -2.10. The van der Waals surface area contributed by atoms with Gasteiger partial charge in [-0.2, -0.15) is 0 Å². The molecule has 5 heteroatoms. The molecular formula is C15H18ClN3S. The minimum Gasteiger partial charge on any atom is -0.359 e. The van der Waals surface area contributed by atoms with E-state index in [1.807, 2.05) is 24.4 Å². The molecule has 3 N–H and O–H groups in total. The molecule has 0 fully saturated rings. The Bertz CT molecular complexity index is 834. The molecule has 0 saturated heterocycles. The second-order valence-electron chi connectivity index (χ2n) is 5.78. The van der Waals surface area contributed by atoms with Crippen LogP contribution < -0.4 is 5.36 Å². The normalized spacial score (nSPS) is 11.6. The van der Waals surface area contributed by atoms with E-state index in [0.717, 1.165) is 21.8 Å². The zero-order valence-electron chi connectivity index (χ0n) is 11.7. The molecule has 3 aromatic rings. The fraction of sp³-hybridized carbons (Fsp3) is 0.267. The van der Waals surface area contributed by atoms with E-state index in [2.05, 4.69) is 36.2 Å². The van der Waals surface area contributed by atoms with E-state index in [-0.39, 0.29) is 17.8 Å². The maximum absolute atomic E-state index is 8.35. The van der Waals surface area contributed by atoms with Gasteiger partial charge in [-0.1, -0.05) is 44.4 Å². The lowest BCUT2D eigenvalue weighted by Gasteiger charge is -2.17. The van der Waals surface area contributed by atoms with E-state index in [0.29, 0.717) is 5.36 Å². The first kappa shape index (κ1) is 14.9. The Morgan fingerprint density at radius 1 is 1.10 bits per heavy atom. The van der Waals surface area contributed by atoms with Gasteiger partial charge in [0.25, 0.3) is 0 Å². The topological polar surface area (TPSA) is 55.4 Å². The molecule has 0 amide bonds. The molecule has 106 valence electrons. The molecule has 0 saturated carbocycles. The first-order chi connectivity index (χ1) is 8.98. The third kappa shape index (κ3) is 2.30. The maximum atomic E-state index is 8.35. The fourth-order valence-electron chi connectivity index (χ4n) is 2.21. The molecule has 2 aromatic heterocycles. The standard InChI is InChI=1S/C15H17N3S.ClH/c1-15(2,3)11-8-10-12(16)14-9(13(10)18-19-11)6-4-5-7-17-14;/h4-8,16-18H,1-3H3;1H. The minimum atomic E-state index is 0. The third-order valence-corrected chi connectivity index (χ3v) is 4.56. The molecule has 0 atom stereocenters. The van der Waals surface area contributed by atoms with E-state index in [1.54, 1.807) is 11.5 Å². The average Bonchev–Trinajstić information content (AvgIpc) is 2.56. The van der Waals surface area contributed by atoms with Gasteiger partial charge in [-0.05, 0) is 17.5 Å². The fourth-order valence-corrected chi connectivity index (χ4v) is 3.13. The number of rotatable bonds is 0. The van der Waals surface area contributed by atoms with Gasteiger partial charge in [-0.25, -0.2) is 0 Å². The number of fused-ring (bicyclic) bond motifs is 3. The molecule has 3 rings (SSSR count). The number of nitrogens with one attached hydrogen (secondary N) is 3. The van der Waals surface area contributed by atoms with Crippen molar-refractivity contribution >= 4 is 45.7 Å². The molecule has 0 aliphatic heterocycles.